The van der Waals surface area contributed by atoms with Gasteiger partial charge >= 0.3 is 18.3 Å². The zero-order chi connectivity index (χ0) is 40.0. The van der Waals surface area contributed by atoms with Gasteiger partial charge in [-0.05, 0) is 41.7 Å². The summed E-state index contributed by atoms with van der Waals surface area (Å²) in [6, 6.07) is 27.0. The van der Waals surface area contributed by atoms with Crippen molar-refractivity contribution in [2.75, 3.05) is 6.61 Å². The fourth-order valence-corrected chi connectivity index (χ4v) is 9.91. The van der Waals surface area contributed by atoms with Crippen molar-refractivity contribution in [1.29, 1.82) is 0 Å². The van der Waals surface area contributed by atoms with Gasteiger partial charge in [0.2, 0.25) is 0 Å². The summed E-state index contributed by atoms with van der Waals surface area (Å²) < 4.78 is 35.6. The minimum absolute atomic E-state index is 0.0956. The molecule has 0 unspecified atom stereocenters. The van der Waals surface area contributed by atoms with Crippen molar-refractivity contribution in [3.8, 4) is 0 Å². The topological polar surface area (TPSA) is 164 Å². The minimum atomic E-state index is -1.90. The molecule has 7 rings (SSSR count). The van der Waals surface area contributed by atoms with Crippen LogP contribution in [-0.4, -0.2) is 76.5 Å². The third-order valence-corrected chi connectivity index (χ3v) is 12.7. The van der Waals surface area contributed by atoms with Gasteiger partial charge in [-0.25, -0.2) is 9.59 Å². The van der Waals surface area contributed by atoms with Crippen LogP contribution in [0.5, 0.6) is 0 Å². The molecule has 2 bridgehead atoms. The maximum atomic E-state index is 15.9. The molecule has 12 nitrogen and oxygen atoms in total. The highest BCUT2D eigenvalue weighted by atomic mass is 16.7. The normalized spacial score (nSPS) is 32.9. The summed E-state index contributed by atoms with van der Waals surface area (Å²) in [5.74, 6) is -3.56. The number of aliphatic hydroxyl groups excluding tert-OH is 1. The number of fused-ring (bicyclic) bond motifs is 5. The second kappa shape index (κ2) is 14.8. The number of ether oxygens (including phenoxy) is 6. The fraction of sp³-hybridized carbons (Fsp3) is 0.455. The number of ketones is 1. The number of hydrogen-bond acceptors (Lipinski definition) is 12. The van der Waals surface area contributed by atoms with Gasteiger partial charge in [-0.15, -0.1) is 0 Å². The Labute approximate surface area is 325 Å². The highest BCUT2D eigenvalue weighted by Gasteiger charge is 2.78. The van der Waals surface area contributed by atoms with E-state index in [0.717, 1.165) is 0 Å². The lowest BCUT2D eigenvalue weighted by atomic mass is 9.41. The van der Waals surface area contributed by atoms with Gasteiger partial charge in [0.15, 0.2) is 17.5 Å². The van der Waals surface area contributed by atoms with Crippen LogP contribution in [0.1, 0.15) is 70.1 Å². The van der Waals surface area contributed by atoms with E-state index in [1.54, 1.807) is 88.4 Å². The van der Waals surface area contributed by atoms with E-state index >= 15 is 4.79 Å². The Balaban J connectivity index is 1.41. The van der Waals surface area contributed by atoms with Gasteiger partial charge in [-0.1, -0.05) is 105 Å². The molecule has 0 amide bonds. The Kier molecular flexibility index (Phi) is 10.4. The van der Waals surface area contributed by atoms with Crippen molar-refractivity contribution in [2.45, 2.75) is 102 Å². The number of aliphatic hydroxyl groups is 2. The number of benzene rings is 3. The average molecular weight is 769 g/mol. The summed E-state index contributed by atoms with van der Waals surface area (Å²) >= 11 is 0. The molecular formula is C44H48O12. The number of carbonyl (C=O) groups is 4. The summed E-state index contributed by atoms with van der Waals surface area (Å²) in [5.41, 5.74) is -4.12. The smallest absolute Gasteiger partial charge is 0.454 e. The Morgan fingerprint density at radius 2 is 1.36 bits per heavy atom. The second-order valence-electron chi connectivity index (χ2n) is 16.1. The van der Waals surface area contributed by atoms with Crippen LogP contribution in [0.4, 0.5) is 9.59 Å². The number of carbonyl (C=O) groups excluding carboxylic acids is 4. The van der Waals surface area contributed by atoms with Crippen molar-refractivity contribution in [1.82, 2.24) is 0 Å². The van der Waals surface area contributed by atoms with Crippen LogP contribution in [0.25, 0.3) is 0 Å². The molecule has 1 heterocycles. The van der Waals surface area contributed by atoms with Crippen molar-refractivity contribution >= 4 is 24.1 Å². The summed E-state index contributed by atoms with van der Waals surface area (Å²) in [4.78, 5) is 56.3. The van der Waals surface area contributed by atoms with E-state index in [1.807, 2.05) is 30.3 Å². The van der Waals surface area contributed by atoms with E-state index in [9.17, 15) is 24.6 Å². The SMILES string of the molecule is CC(=O)O[C@@]12CO[C@@H]1C[C@H](OC(=O)OCc1ccccc1)[C@@]1(C)C(=O)[C@H](OC(=O)OCc3ccccc3)C3=C(C)[C@@H](O)C[C@@](O)([C@@H](c4ccccc4)[C@H]21)C3(C)C. The first kappa shape index (κ1) is 39.2. The maximum Gasteiger partial charge on any atom is 0.509 e. The van der Waals surface area contributed by atoms with Crippen molar-refractivity contribution in [3.63, 3.8) is 0 Å². The molecule has 1 saturated heterocycles. The van der Waals surface area contributed by atoms with Crippen LogP contribution in [0, 0.1) is 16.7 Å². The van der Waals surface area contributed by atoms with E-state index in [-0.39, 0.29) is 38.2 Å². The number of esters is 1. The third kappa shape index (κ3) is 6.47. The summed E-state index contributed by atoms with van der Waals surface area (Å²) in [6.45, 7) is 7.60. The molecule has 1 aliphatic heterocycles. The first-order valence-electron chi connectivity index (χ1n) is 18.9. The van der Waals surface area contributed by atoms with Crippen molar-refractivity contribution in [3.05, 3.63) is 119 Å². The zero-order valence-corrected chi connectivity index (χ0v) is 32.1. The molecule has 0 spiro atoms. The molecule has 2 N–H and O–H groups in total. The van der Waals surface area contributed by atoms with Crippen molar-refractivity contribution < 1.29 is 57.8 Å². The van der Waals surface area contributed by atoms with Gasteiger partial charge in [-0.3, -0.25) is 9.59 Å². The molecule has 3 aliphatic carbocycles. The Bertz CT molecular complexity index is 2000. The van der Waals surface area contributed by atoms with E-state index < -0.39 is 82.3 Å². The Morgan fingerprint density at radius 1 is 0.821 bits per heavy atom. The molecule has 12 heteroatoms. The fourth-order valence-electron chi connectivity index (χ4n) is 9.91. The summed E-state index contributed by atoms with van der Waals surface area (Å²) in [5, 5.41) is 25.3. The molecule has 56 heavy (non-hydrogen) atoms. The molecule has 296 valence electrons. The average Bonchev–Trinajstić information content (AvgIpc) is 3.17. The molecular weight excluding hydrogens is 720 g/mol. The van der Waals surface area contributed by atoms with E-state index in [2.05, 4.69) is 0 Å². The lowest BCUT2D eigenvalue weighted by Crippen LogP contribution is -2.79. The summed E-state index contributed by atoms with van der Waals surface area (Å²) in [7, 11) is 0. The molecule has 0 aromatic heterocycles. The monoisotopic (exact) mass is 768 g/mol. The van der Waals surface area contributed by atoms with Gasteiger partial charge in [0.25, 0.3) is 0 Å². The summed E-state index contributed by atoms with van der Waals surface area (Å²) in [6.07, 6.45) is -7.68. The molecule has 3 aromatic rings. The first-order chi connectivity index (χ1) is 26.6. The largest absolute Gasteiger partial charge is 0.509 e. The molecule has 3 aromatic carbocycles. The highest BCUT2D eigenvalue weighted by Crippen LogP contribution is 2.68. The van der Waals surface area contributed by atoms with Crippen LogP contribution in [-0.2, 0) is 51.2 Å². The van der Waals surface area contributed by atoms with Crippen LogP contribution in [0.2, 0.25) is 0 Å². The lowest BCUT2D eigenvalue weighted by Gasteiger charge is -2.68. The van der Waals surface area contributed by atoms with Gasteiger partial charge in [-0.2, -0.15) is 0 Å². The molecule has 9 atom stereocenters. The lowest BCUT2D eigenvalue weighted by molar-refractivity contribution is -0.332. The molecule has 3 fully saturated rings. The standard InChI is InChI=1S/C44H48O12/c1-26-31(46)22-44(50)35(30-19-13-8-14-20-30)37-42(5,38(47)36(34(26)41(44,3)4)55-40(49)52-24-29-17-11-7-12-18-29)32(21-33-43(37,25-53-33)56-27(2)45)54-39(48)51-23-28-15-9-6-10-16-28/h6-20,31-33,35-37,46,50H,21-25H2,1-5H3/t31-,32-,33+,35-,36+,37-,42+,43-,44+/m0/s1. The first-order valence-corrected chi connectivity index (χ1v) is 18.9. The van der Waals surface area contributed by atoms with E-state index in [1.165, 1.54) is 6.92 Å². The minimum Gasteiger partial charge on any atom is -0.454 e. The van der Waals surface area contributed by atoms with E-state index in [0.29, 0.717) is 22.3 Å². The highest BCUT2D eigenvalue weighted by molar-refractivity contribution is 5.95. The molecule has 0 radical (unpaired) electrons. The number of rotatable bonds is 8. The number of Topliss-reactive ketones (excluding diaryl/α,β-unsaturated/α-hetero) is 1. The molecule has 4 aliphatic rings. The quantitative estimate of drug-likeness (QED) is 0.148. The Morgan fingerprint density at radius 3 is 1.88 bits per heavy atom. The predicted molar refractivity (Wildman–Crippen MR) is 200 cm³/mol. The van der Waals surface area contributed by atoms with Gasteiger partial charge in [0.1, 0.15) is 25.4 Å². The third-order valence-electron chi connectivity index (χ3n) is 12.7. The zero-order valence-electron chi connectivity index (χ0n) is 32.1. The van der Waals surface area contributed by atoms with Gasteiger partial charge < -0.3 is 38.6 Å². The van der Waals surface area contributed by atoms with E-state index in [4.69, 9.17) is 28.4 Å². The van der Waals surface area contributed by atoms with Gasteiger partial charge in [0.05, 0.1) is 23.7 Å². The van der Waals surface area contributed by atoms with Crippen LogP contribution >= 0.6 is 0 Å². The second-order valence-corrected chi connectivity index (χ2v) is 16.1. The van der Waals surface area contributed by atoms with Crippen LogP contribution < -0.4 is 0 Å². The number of hydrogen-bond donors (Lipinski definition) is 2. The predicted octanol–water partition coefficient (Wildman–Crippen LogP) is 6.36. The molecule has 2 saturated carbocycles. The maximum absolute atomic E-state index is 15.9. The van der Waals surface area contributed by atoms with Gasteiger partial charge in [0, 0.05) is 37.0 Å². The van der Waals surface area contributed by atoms with Crippen molar-refractivity contribution in [2.24, 2.45) is 16.7 Å². The Hall–Kier alpha value is -5.04. The van der Waals surface area contributed by atoms with Crippen LogP contribution in [0.15, 0.2) is 102 Å². The van der Waals surface area contributed by atoms with Crippen LogP contribution in [0.3, 0.4) is 0 Å².